The van der Waals surface area contributed by atoms with Crippen molar-refractivity contribution in [2.75, 3.05) is 24.6 Å². The first kappa shape index (κ1) is 40.9. The second-order valence-electron chi connectivity index (χ2n) is 13.7. The molecule has 0 aliphatic rings. The van der Waals surface area contributed by atoms with Gasteiger partial charge in [0, 0.05) is 0 Å². The number of carbonyl (C=O) groups excluding carboxylic acids is 1. The van der Waals surface area contributed by atoms with E-state index in [0.29, 0.717) is 6.42 Å². The molecule has 248 valence electrons. The third-order valence-electron chi connectivity index (χ3n) is 9.65. The SMILES string of the molecule is CCCCCCCCCCCCCCP(CCCCCC)(CCCCCC)(CCCCCC)OC(=O)CCCCC. The molecule has 0 amide bonds. The van der Waals surface area contributed by atoms with E-state index in [4.69, 9.17) is 4.52 Å². The number of unbranched alkanes of at least 4 members (excludes halogenated alkanes) is 22. The Kier molecular flexibility index (Phi) is 28.6. The van der Waals surface area contributed by atoms with Crippen molar-refractivity contribution in [1.82, 2.24) is 0 Å². The van der Waals surface area contributed by atoms with Gasteiger partial charge in [0.15, 0.2) is 0 Å². The summed E-state index contributed by atoms with van der Waals surface area (Å²) in [6, 6.07) is 0. The van der Waals surface area contributed by atoms with Gasteiger partial charge in [-0.2, -0.15) is 0 Å². The molecule has 0 aromatic heterocycles. The number of hydrogen-bond donors (Lipinski definition) is 0. The molecule has 0 saturated heterocycles. The molecule has 0 aromatic carbocycles. The first-order valence-electron chi connectivity index (χ1n) is 19.2. The van der Waals surface area contributed by atoms with Crippen LogP contribution in [0.3, 0.4) is 0 Å². The van der Waals surface area contributed by atoms with Gasteiger partial charge in [-0.05, 0) is 0 Å². The molecule has 0 fully saturated rings. The average molecular weight is 599 g/mol. The van der Waals surface area contributed by atoms with E-state index >= 15 is 0 Å². The maximum atomic E-state index is 13.5. The zero-order chi connectivity index (χ0) is 30.4. The van der Waals surface area contributed by atoms with Gasteiger partial charge >= 0.3 is 248 Å². The van der Waals surface area contributed by atoms with Gasteiger partial charge in [0.05, 0.1) is 0 Å². The molecular weight excluding hydrogens is 519 g/mol. The summed E-state index contributed by atoms with van der Waals surface area (Å²) in [5.74, 6) is 0.163. The second-order valence-corrected chi connectivity index (χ2v) is 19.4. The van der Waals surface area contributed by atoms with Crippen LogP contribution >= 0.6 is 6.83 Å². The van der Waals surface area contributed by atoms with E-state index < -0.39 is 6.83 Å². The summed E-state index contributed by atoms with van der Waals surface area (Å²) in [7, 11) is 0. The number of rotatable bonds is 33. The molecule has 3 heteroatoms. The van der Waals surface area contributed by atoms with Crippen molar-refractivity contribution in [1.29, 1.82) is 0 Å². The molecule has 0 N–H and O–H groups in total. The fourth-order valence-electron chi connectivity index (χ4n) is 6.87. The van der Waals surface area contributed by atoms with Crippen molar-refractivity contribution in [2.24, 2.45) is 0 Å². The van der Waals surface area contributed by atoms with Crippen LogP contribution in [0.1, 0.15) is 214 Å². The normalized spacial score (nSPS) is 12.9. The molecule has 0 aliphatic carbocycles. The second kappa shape index (κ2) is 28.7. The Morgan fingerprint density at radius 3 is 0.927 bits per heavy atom. The van der Waals surface area contributed by atoms with Gasteiger partial charge in [-0.15, -0.1) is 0 Å². The third-order valence-corrected chi connectivity index (χ3v) is 16.2. The van der Waals surface area contributed by atoms with Crippen LogP contribution in [0, 0.1) is 0 Å². The van der Waals surface area contributed by atoms with Crippen LogP contribution in [0.15, 0.2) is 0 Å². The number of hydrogen-bond acceptors (Lipinski definition) is 2. The Morgan fingerprint density at radius 2 is 0.610 bits per heavy atom. The molecule has 0 atom stereocenters. The maximum absolute atomic E-state index is 13.5. The Labute approximate surface area is 260 Å². The van der Waals surface area contributed by atoms with Crippen LogP contribution in [0.4, 0.5) is 0 Å². The fourth-order valence-corrected chi connectivity index (χ4v) is 13.3. The predicted molar refractivity (Wildman–Crippen MR) is 190 cm³/mol. The standard InChI is InChI=1S/C38H79O2P/c1-6-11-16-20-21-22-23-24-25-26-27-32-37-41(34-29-17-12-7-2,35-30-18-13-8-3,36-31-19-14-9-4)40-38(39)33-28-15-10-5/h6-37H2,1-5H3. The molecule has 0 heterocycles. The fraction of sp³-hybridized carbons (Fsp3) is 0.974. The van der Waals surface area contributed by atoms with Crippen molar-refractivity contribution >= 4 is 12.8 Å². The zero-order valence-electron chi connectivity index (χ0n) is 29.4. The van der Waals surface area contributed by atoms with Crippen LogP contribution in [0.5, 0.6) is 0 Å². The Balaban J connectivity index is 5.44. The van der Waals surface area contributed by atoms with Crippen molar-refractivity contribution in [3.8, 4) is 0 Å². The molecule has 0 radical (unpaired) electrons. The molecule has 2 nitrogen and oxygen atoms in total. The van der Waals surface area contributed by atoms with Crippen LogP contribution in [0.25, 0.3) is 0 Å². The molecule has 0 spiro atoms. The van der Waals surface area contributed by atoms with E-state index in [1.807, 2.05) is 0 Å². The van der Waals surface area contributed by atoms with E-state index in [1.54, 1.807) is 0 Å². The molecule has 0 saturated carbocycles. The third kappa shape index (κ3) is 22.1. The molecule has 0 aromatic rings. The molecule has 0 bridgehead atoms. The topological polar surface area (TPSA) is 26.3 Å². The van der Waals surface area contributed by atoms with Gasteiger partial charge in [-0.25, -0.2) is 0 Å². The van der Waals surface area contributed by atoms with Gasteiger partial charge in [-0.1, -0.05) is 13.3 Å². The summed E-state index contributed by atoms with van der Waals surface area (Å²) in [4.78, 5) is 13.5. The van der Waals surface area contributed by atoms with Crippen LogP contribution in [-0.4, -0.2) is 30.6 Å². The summed E-state index contributed by atoms with van der Waals surface area (Å²) in [6.45, 7) is 8.90. The first-order chi connectivity index (χ1) is 20.0. The van der Waals surface area contributed by atoms with Gasteiger partial charge in [0.25, 0.3) is 0 Å². The van der Waals surface area contributed by atoms with Crippen molar-refractivity contribution in [3.63, 3.8) is 0 Å². The Morgan fingerprint density at radius 1 is 0.366 bits per heavy atom. The predicted octanol–water partition coefficient (Wildman–Crippen LogP) is 14.0. The van der Waals surface area contributed by atoms with Gasteiger partial charge in [0.1, 0.15) is 0 Å². The number of carbonyl (C=O) groups is 1. The quantitative estimate of drug-likeness (QED) is 0.0555. The molecule has 0 unspecified atom stereocenters. The van der Waals surface area contributed by atoms with E-state index in [0.717, 1.165) is 12.8 Å². The van der Waals surface area contributed by atoms with Gasteiger partial charge < -0.3 is 0 Å². The van der Waals surface area contributed by atoms with Crippen LogP contribution in [0.2, 0.25) is 0 Å². The molecular formula is C38H79O2P. The Bertz CT molecular complexity index is 526. The summed E-state index contributed by atoms with van der Waals surface area (Å²) in [5, 5.41) is 0. The van der Waals surface area contributed by atoms with E-state index in [9.17, 15) is 4.79 Å². The van der Waals surface area contributed by atoms with Crippen molar-refractivity contribution < 1.29 is 9.32 Å². The van der Waals surface area contributed by atoms with E-state index in [2.05, 4.69) is 34.6 Å². The monoisotopic (exact) mass is 599 g/mol. The van der Waals surface area contributed by atoms with Gasteiger partial charge in [0.2, 0.25) is 0 Å². The molecule has 41 heavy (non-hydrogen) atoms. The summed E-state index contributed by atoms with van der Waals surface area (Å²) in [5.41, 5.74) is 0. The molecule has 0 aliphatic heterocycles. The zero-order valence-corrected chi connectivity index (χ0v) is 30.3. The van der Waals surface area contributed by atoms with E-state index in [-0.39, 0.29) is 5.97 Å². The van der Waals surface area contributed by atoms with Crippen molar-refractivity contribution in [3.05, 3.63) is 0 Å². The Hall–Kier alpha value is -0.100. The summed E-state index contributed by atoms with van der Waals surface area (Å²) >= 11 is 0. The summed E-state index contributed by atoms with van der Waals surface area (Å²) in [6.07, 6.45) is 41.1. The minimum absolute atomic E-state index is 0.163. The average Bonchev–Trinajstić information content (AvgIpc) is 2.97. The van der Waals surface area contributed by atoms with Gasteiger partial charge in [-0.3, -0.25) is 0 Å². The van der Waals surface area contributed by atoms with Crippen molar-refractivity contribution in [2.45, 2.75) is 214 Å². The first-order valence-corrected chi connectivity index (χ1v) is 22.1. The summed E-state index contributed by atoms with van der Waals surface area (Å²) < 4.78 is 7.10. The van der Waals surface area contributed by atoms with Crippen LogP contribution in [-0.2, 0) is 9.32 Å². The van der Waals surface area contributed by atoms with E-state index in [1.165, 1.54) is 185 Å². The minimum atomic E-state index is -2.57. The van der Waals surface area contributed by atoms with Crippen LogP contribution < -0.4 is 0 Å². The molecule has 0 rings (SSSR count).